The molecule has 0 rings (SSSR count). The van der Waals surface area contributed by atoms with E-state index in [9.17, 15) is 0 Å². The van der Waals surface area contributed by atoms with E-state index in [2.05, 4.69) is 12.2 Å². The van der Waals surface area contributed by atoms with Crippen LogP contribution in [0.1, 0.15) is 51.9 Å². The Bertz CT molecular complexity index is 74.2. The number of unbranched alkanes of at least 4 members (excludes halogenated alkanes) is 5. The van der Waals surface area contributed by atoms with Crippen LogP contribution in [0.5, 0.6) is 0 Å². The Balaban J connectivity index is 2.76. The number of hydrogen-bond acceptors (Lipinski definition) is 2. The molecular formula is C11H26N2. The molecule has 2 nitrogen and oxygen atoms in total. The zero-order valence-corrected chi connectivity index (χ0v) is 9.15. The summed E-state index contributed by atoms with van der Waals surface area (Å²) in [6.07, 6.45) is 9.24. The van der Waals surface area contributed by atoms with E-state index in [1.165, 1.54) is 45.1 Å². The Labute approximate surface area is 83.3 Å². The molecule has 0 saturated heterocycles. The zero-order chi connectivity index (χ0) is 9.78. The van der Waals surface area contributed by atoms with Crippen LogP contribution < -0.4 is 11.1 Å². The fraction of sp³-hybridized carbons (Fsp3) is 1.00. The number of nitrogens with one attached hydrogen (secondary N) is 1. The van der Waals surface area contributed by atoms with Gasteiger partial charge in [0.05, 0.1) is 0 Å². The summed E-state index contributed by atoms with van der Waals surface area (Å²) in [4.78, 5) is 0. The first-order chi connectivity index (χ1) is 6.41. The molecule has 0 spiro atoms. The first kappa shape index (κ1) is 12.9. The van der Waals surface area contributed by atoms with Crippen molar-refractivity contribution in [3.8, 4) is 0 Å². The lowest BCUT2D eigenvalue weighted by atomic mass is 10.1. The SMILES string of the molecule is CCCCCCCNCCCCN. The van der Waals surface area contributed by atoms with Gasteiger partial charge in [-0.1, -0.05) is 32.6 Å². The van der Waals surface area contributed by atoms with E-state index in [0.29, 0.717) is 0 Å². The van der Waals surface area contributed by atoms with Crippen molar-refractivity contribution >= 4 is 0 Å². The summed E-state index contributed by atoms with van der Waals surface area (Å²) in [6, 6.07) is 0. The third-order valence-corrected chi connectivity index (χ3v) is 2.26. The predicted molar refractivity (Wildman–Crippen MR) is 59.9 cm³/mol. The summed E-state index contributed by atoms with van der Waals surface area (Å²) in [7, 11) is 0. The lowest BCUT2D eigenvalue weighted by Gasteiger charge is -2.03. The average molecular weight is 186 g/mol. The minimum atomic E-state index is 0.832. The Morgan fingerprint density at radius 3 is 2.08 bits per heavy atom. The van der Waals surface area contributed by atoms with E-state index in [-0.39, 0.29) is 0 Å². The molecule has 0 bridgehead atoms. The third-order valence-electron chi connectivity index (χ3n) is 2.26. The molecule has 0 aliphatic rings. The van der Waals surface area contributed by atoms with Crippen LogP contribution in [0.25, 0.3) is 0 Å². The van der Waals surface area contributed by atoms with Gasteiger partial charge >= 0.3 is 0 Å². The molecule has 0 aromatic heterocycles. The molecule has 2 heteroatoms. The highest BCUT2D eigenvalue weighted by molar-refractivity contribution is 4.50. The number of nitrogens with two attached hydrogens (primary N) is 1. The van der Waals surface area contributed by atoms with Gasteiger partial charge in [-0.2, -0.15) is 0 Å². The fourth-order valence-electron chi connectivity index (χ4n) is 1.37. The maximum atomic E-state index is 5.40. The first-order valence-electron chi connectivity index (χ1n) is 5.82. The van der Waals surface area contributed by atoms with Crippen LogP contribution in [-0.4, -0.2) is 19.6 Å². The van der Waals surface area contributed by atoms with Crippen LogP contribution in [0.4, 0.5) is 0 Å². The Morgan fingerprint density at radius 2 is 1.46 bits per heavy atom. The Kier molecular flexibility index (Phi) is 11.8. The number of rotatable bonds is 10. The van der Waals surface area contributed by atoms with Crippen molar-refractivity contribution < 1.29 is 0 Å². The predicted octanol–water partition coefficient (Wildman–Crippen LogP) is 2.29. The quantitative estimate of drug-likeness (QED) is 0.514. The largest absolute Gasteiger partial charge is 0.330 e. The lowest BCUT2D eigenvalue weighted by Crippen LogP contribution is -2.17. The second-order valence-electron chi connectivity index (χ2n) is 3.66. The van der Waals surface area contributed by atoms with E-state index in [4.69, 9.17) is 5.73 Å². The highest BCUT2D eigenvalue weighted by atomic mass is 14.8. The molecule has 0 aromatic rings. The summed E-state index contributed by atoms with van der Waals surface area (Å²) in [5.41, 5.74) is 5.40. The third kappa shape index (κ3) is 11.9. The van der Waals surface area contributed by atoms with Crippen molar-refractivity contribution in [2.24, 2.45) is 5.73 Å². The zero-order valence-electron chi connectivity index (χ0n) is 9.15. The van der Waals surface area contributed by atoms with Crippen molar-refractivity contribution in [3.63, 3.8) is 0 Å². The van der Waals surface area contributed by atoms with Gasteiger partial charge in [-0.3, -0.25) is 0 Å². The van der Waals surface area contributed by atoms with Gasteiger partial charge in [0.2, 0.25) is 0 Å². The first-order valence-corrected chi connectivity index (χ1v) is 5.82. The van der Waals surface area contributed by atoms with Crippen LogP contribution in [0.3, 0.4) is 0 Å². The van der Waals surface area contributed by atoms with Crippen molar-refractivity contribution in [2.75, 3.05) is 19.6 Å². The molecular weight excluding hydrogens is 160 g/mol. The lowest BCUT2D eigenvalue weighted by molar-refractivity contribution is 0.568. The van der Waals surface area contributed by atoms with Crippen LogP contribution in [0.15, 0.2) is 0 Å². The summed E-state index contributed by atoms with van der Waals surface area (Å²) in [6.45, 7) is 5.42. The molecule has 0 fully saturated rings. The smallest absolute Gasteiger partial charge is 0.00484 e. The van der Waals surface area contributed by atoms with Gasteiger partial charge in [0.25, 0.3) is 0 Å². The van der Waals surface area contributed by atoms with Crippen LogP contribution in [0.2, 0.25) is 0 Å². The molecule has 0 unspecified atom stereocenters. The maximum absolute atomic E-state index is 5.40. The monoisotopic (exact) mass is 186 g/mol. The van der Waals surface area contributed by atoms with Crippen LogP contribution >= 0.6 is 0 Å². The molecule has 0 saturated carbocycles. The highest BCUT2D eigenvalue weighted by Gasteiger charge is 1.89. The molecule has 0 aromatic carbocycles. The van der Waals surface area contributed by atoms with Crippen molar-refractivity contribution in [1.29, 1.82) is 0 Å². The molecule has 0 radical (unpaired) electrons. The second kappa shape index (κ2) is 11.9. The standard InChI is InChI=1S/C11H26N2/c1-2-3-4-5-7-10-13-11-8-6-9-12/h13H,2-12H2,1H3. The van der Waals surface area contributed by atoms with Crippen LogP contribution in [-0.2, 0) is 0 Å². The van der Waals surface area contributed by atoms with E-state index in [1.807, 2.05) is 0 Å². The Hall–Kier alpha value is -0.0800. The van der Waals surface area contributed by atoms with Gasteiger partial charge in [-0.05, 0) is 38.9 Å². The van der Waals surface area contributed by atoms with Gasteiger partial charge in [0.1, 0.15) is 0 Å². The van der Waals surface area contributed by atoms with E-state index >= 15 is 0 Å². The van der Waals surface area contributed by atoms with Gasteiger partial charge < -0.3 is 11.1 Å². The molecule has 0 heterocycles. The van der Waals surface area contributed by atoms with Crippen LogP contribution in [0, 0.1) is 0 Å². The summed E-state index contributed by atoms with van der Waals surface area (Å²) >= 11 is 0. The van der Waals surface area contributed by atoms with E-state index in [1.54, 1.807) is 0 Å². The van der Waals surface area contributed by atoms with Gasteiger partial charge in [-0.15, -0.1) is 0 Å². The summed E-state index contributed by atoms with van der Waals surface area (Å²) in [5.74, 6) is 0. The molecule has 0 aliphatic carbocycles. The molecule has 3 N–H and O–H groups in total. The molecule has 13 heavy (non-hydrogen) atoms. The maximum Gasteiger partial charge on any atom is -0.00484 e. The molecule has 80 valence electrons. The van der Waals surface area contributed by atoms with Gasteiger partial charge in [0.15, 0.2) is 0 Å². The Morgan fingerprint density at radius 1 is 0.846 bits per heavy atom. The summed E-state index contributed by atoms with van der Waals surface area (Å²) < 4.78 is 0. The summed E-state index contributed by atoms with van der Waals surface area (Å²) in [5, 5.41) is 3.44. The van der Waals surface area contributed by atoms with E-state index < -0.39 is 0 Å². The minimum Gasteiger partial charge on any atom is -0.330 e. The van der Waals surface area contributed by atoms with Crippen molar-refractivity contribution in [3.05, 3.63) is 0 Å². The molecule has 0 aliphatic heterocycles. The van der Waals surface area contributed by atoms with Gasteiger partial charge in [0, 0.05) is 0 Å². The number of hydrogen-bond donors (Lipinski definition) is 2. The molecule has 0 atom stereocenters. The van der Waals surface area contributed by atoms with E-state index in [0.717, 1.165) is 19.5 Å². The average Bonchev–Trinajstić information content (AvgIpc) is 2.16. The topological polar surface area (TPSA) is 38.0 Å². The molecule has 0 amide bonds. The highest BCUT2D eigenvalue weighted by Crippen LogP contribution is 2.00. The minimum absolute atomic E-state index is 0.832. The second-order valence-corrected chi connectivity index (χ2v) is 3.66. The van der Waals surface area contributed by atoms with Crippen molar-refractivity contribution in [2.45, 2.75) is 51.9 Å². The normalized spacial score (nSPS) is 10.6. The fourth-order valence-corrected chi connectivity index (χ4v) is 1.37. The van der Waals surface area contributed by atoms with Crippen molar-refractivity contribution in [1.82, 2.24) is 5.32 Å². The van der Waals surface area contributed by atoms with Gasteiger partial charge in [-0.25, -0.2) is 0 Å².